The van der Waals surface area contributed by atoms with Crippen molar-refractivity contribution in [3.8, 4) is 22.5 Å². The SMILES string of the molecule is CCCc1nc(C(F)(F)CC)nn1Cc1ccc(-c2ccccc2-c2nnn[nH]2)cc1. The van der Waals surface area contributed by atoms with Gasteiger partial charge in [-0.3, -0.25) is 0 Å². The Balaban J connectivity index is 1.61. The molecule has 0 saturated carbocycles. The number of rotatable bonds is 8. The number of nitrogens with zero attached hydrogens (tertiary/aromatic N) is 6. The first-order valence-electron chi connectivity index (χ1n) is 10.3. The Labute approximate surface area is 178 Å². The Morgan fingerprint density at radius 2 is 1.74 bits per heavy atom. The zero-order valence-electron chi connectivity index (χ0n) is 17.4. The van der Waals surface area contributed by atoms with E-state index in [2.05, 4.69) is 30.7 Å². The number of halogens is 2. The maximum atomic E-state index is 14.1. The van der Waals surface area contributed by atoms with Crippen LogP contribution < -0.4 is 0 Å². The summed E-state index contributed by atoms with van der Waals surface area (Å²) in [6, 6.07) is 15.8. The summed E-state index contributed by atoms with van der Waals surface area (Å²) in [6.45, 7) is 3.81. The Morgan fingerprint density at radius 3 is 2.39 bits per heavy atom. The molecule has 0 amide bonds. The summed E-state index contributed by atoms with van der Waals surface area (Å²) in [5, 5.41) is 18.2. The van der Waals surface area contributed by atoms with Crippen molar-refractivity contribution in [2.24, 2.45) is 0 Å². The first-order valence-corrected chi connectivity index (χ1v) is 10.3. The van der Waals surface area contributed by atoms with Crippen LogP contribution in [0.15, 0.2) is 48.5 Å². The molecule has 0 spiro atoms. The number of nitrogens with one attached hydrogen (secondary N) is 1. The van der Waals surface area contributed by atoms with E-state index in [9.17, 15) is 8.78 Å². The molecule has 31 heavy (non-hydrogen) atoms. The number of alkyl halides is 2. The van der Waals surface area contributed by atoms with Gasteiger partial charge < -0.3 is 0 Å². The van der Waals surface area contributed by atoms with Gasteiger partial charge in [-0.25, -0.2) is 14.8 Å². The predicted octanol–water partition coefficient (Wildman–Crippen LogP) is 4.63. The molecule has 0 bridgehead atoms. The number of tetrazole rings is 1. The lowest BCUT2D eigenvalue weighted by Gasteiger charge is -2.10. The Kier molecular flexibility index (Phi) is 5.83. The molecule has 4 aromatic rings. The number of hydrogen-bond donors (Lipinski definition) is 1. The third-order valence-electron chi connectivity index (χ3n) is 5.12. The van der Waals surface area contributed by atoms with Gasteiger partial charge in [0.1, 0.15) is 5.82 Å². The van der Waals surface area contributed by atoms with Crippen molar-refractivity contribution in [2.45, 2.75) is 45.6 Å². The summed E-state index contributed by atoms with van der Waals surface area (Å²) in [7, 11) is 0. The minimum atomic E-state index is -3.02. The molecule has 0 aliphatic rings. The van der Waals surface area contributed by atoms with Crippen molar-refractivity contribution < 1.29 is 8.78 Å². The van der Waals surface area contributed by atoms with E-state index in [1.807, 2.05) is 55.5 Å². The average molecular weight is 423 g/mol. The summed E-state index contributed by atoms with van der Waals surface area (Å²) < 4.78 is 29.8. The lowest BCUT2D eigenvalue weighted by molar-refractivity contribution is -0.0177. The molecule has 160 valence electrons. The molecule has 1 N–H and O–H groups in total. The molecule has 0 saturated heterocycles. The minimum Gasteiger partial charge on any atom is -0.245 e. The van der Waals surface area contributed by atoms with Crippen LogP contribution in [-0.2, 0) is 18.9 Å². The van der Waals surface area contributed by atoms with Crippen LogP contribution >= 0.6 is 0 Å². The summed E-state index contributed by atoms with van der Waals surface area (Å²) in [5.74, 6) is -2.24. The molecule has 2 aromatic heterocycles. The zero-order valence-corrected chi connectivity index (χ0v) is 17.4. The Morgan fingerprint density at radius 1 is 1.00 bits per heavy atom. The third-order valence-corrected chi connectivity index (χ3v) is 5.12. The Bertz CT molecular complexity index is 1140. The first-order chi connectivity index (χ1) is 15.0. The van der Waals surface area contributed by atoms with Crippen molar-refractivity contribution in [3.05, 3.63) is 65.7 Å². The predicted molar refractivity (Wildman–Crippen MR) is 112 cm³/mol. The molecule has 0 aliphatic heterocycles. The monoisotopic (exact) mass is 423 g/mol. The van der Waals surface area contributed by atoms with Gasteiger partial charge in [-0.05, 0) is 33.5 Å². The number of aromatic amines is 1. The average Bonchev–Trinajstić information content (AvgIpc) is 3.46. The number of benzene rings is 2. The van der Waals surface area contributed by atoms with E-state index >= 15 is 0 Å². The fourth-order valence-electron chi connectivity index (χ4n) is 3.40. The highest BCUT2D eigenvalue weighted by atomic mass is 19.3. The lowest BCUT2D eigenvalue weighted by atomic mass is 9.98. The van der Waals surface area contributed by atoms with Crippen molar-refractivity contribution >= 4 is 0 Å². The highest BCUT2D eigenvalue weighted by molar-refractivity contribution is 5.80. The lowest BCUT2D eigenvalue weighted by Crippen LogP contribution is -2.14. The number of H-pyrrole nitrogens is 1. The molecule has 0 aliphatic carbocycles. The second-order valence-electron chi connectivity index (χ2n) is 7.31. The van der Waals surface area contributed by atoms with Crippen molar-refractivity contribution in [3.63, 3.8) is 0 Å². The first kappa shape index (κ1) is 20.8. The van der Waals surface area contributed by atoms with Crippen molar-refractivity contribution in [2.75, 3.05) is 0 Å². The molecule has 0 atom stereocenters. The molecule has 2 aromatic carbocycles. The van der Waals surface area contributed by atoms with Gasteiger partial charge in [-0.2, -0.15) is 8.78 Å². The summed E-state index contributed by atoms with van der Waals surface area (Å²) in [5.41, 5.74) is 3.84. The number of aromatic nitrogens is 7. The fraction of sp³-hybridized carbons (Fsp3) is 0.318. The van der Waals surface area contributed by atoms with Crippen LogP contribution in [0.3, 0.4) is 0 Å². The maximum Gasteiger partial charge on any atom is 0.308 e. The van der Waals surface area contributed by atoms with E-state index in [0.29, 0.717) is 24.6 Å². The van der Waals surface area contributed by atoms with Crippen LogP contribution in [0.5, 0.6) is 0 Å². The highest BCUT2D eigenvalue weighted by Crippen LogP contribution is 2.31. The summed E-state index contributed by atoms with van der Waals surface area (Å²) in [6.07, 6.45) is 1.09. The minimum absolute atomic E-state index is 0.322. The van der Waals surface area contributed by atoms with Crippen molar-refractivity contribution in [1.82, 2.24) is 35.4 Å². The largest absolute Gasteiger partial charge is 0.308 e. The van der Waals surface area contributed by atoms with Crippen LogP contribution in [-0.4, -0.2) is 35.4 Å². The molecule has 7 nitrogen and oxygen atoms in total. The van der Waals surface area contributed by atoms with Gasteiger partial charge >= 0.3 is 5.92 Å². The number of hydrogen-bond acceptors (Lipinski definition) is 5. The van der Waals surface area contributed by atoms with Gasteiger partial charge in [0.25, 0.3) is 0 Å². The van der Waals surface area contributed by atoms with Gasteiger partial charge in [0.2, 0.25) is 5.82 Å². The summed E-state index contributed by atoms with van der Waals surface area (Å²) >= 11 is 0. The van der Waals surface area contributed by atoms with Gasteiger partial charge in [-0.15, -0.1) is 10.2 Å². The van der Waals surface area contributed by atoms with Crippen LogP contribution in [0, 0.1) is 0 Å². The molecular formula is C22H23F2N7. The number of aryl methyl sites for hydroxylation is 1. The van der Waals surface area contributed by atoms with E-state index in [1.54, 1.807) is 4.68 Å². The molecule has 0 fully saturated rings. The van der Waals surface area contributed by atoms with E-state index in [1.165, 1.54) is 6.92 Å². The van der Waals surface area contributed by atoms with Crippen LogP contribution in [0.4, 0.5) is 8.78 Å². The molecule has 2 heterocycles. The third kappa shape index (κ3) is 4.35. The van der Waals surface area contributed by atoms with Crippen LogP contribution in [0.2, 0.25) is 0 Å². The standard InChI is InChI=1S/C22H23F2N7/c1-3-7-19-25-21(22(23,24)4-2)28-31(19)14-15-10-12-16(13-11-15)17-8-5-6-9-18(17)20-26-29-30-27-20/h5-6,8-13H,3-4,7,14H2,1-2H3,(H,26,27,29,30). The van der Waals surface area contributed by atoms with E-state index in [-0.39, 0.29) is 6.42 Å². The second-order valence-corrected chi connectivity index (χ2v) is 7.31. The van der Waals surface area contributed by atoms with E-state index in [4.69, 9.17) is 0 Å². The van der Waals surface area contributed by atoms with Crippen molar-refractivity contribution in [1.29, 1.82) is 0 Å². The van der Waals surface area contributed by atoms with Crippen LogP contribution in [0.25, 0.3) is 22.5 Å². The van der Waals surface area contributed by atoms with Gasteiger partial charge in [-0.1, -0.05) is 62.4 Å². The Hall–Kier alpha value is -3.49. The molecular weight excluding hydrogens is 400 g/mol. The van der Waals surface area contributed by atoms with Gasteiger partial charge in [0, 0.05) is 18.4 Å². The van der Waals surface area contributed by atoms with Gasteiger partial charge in [0.15, 0.2) is 5.82 Å². The van der Waals surface area contributed by atoms with E-state index in [0.717, 1.165) is 28.7 Å². The maximum absolute atomic E-state index is 14.1. The van der Waals surface area contributed by atoms with Gasteiger partial charge in [0.05, 0.1) is 6.54 Å². The molecule has 4 rings (SSSR count). The smallest absolute Gasteiger partial charge is 0.245 e. The highest BCUT2D eigenvalue weighted by Gasteiger charge is 2.35. The second kappa shape index (κ2) is 8.71. The quantitative estimate of drug-likeness (QED) is 0.447. The zero-order chi connectivity index (χ0) is 21.8. The summed E-state index contributed by atoms with van der Waals surface area (Å²) in [4.78, 5) is 4.12. The van der Waals surface area contributed by atoms with Crippen LogP contribution in [0.1, 0.15) is 43.9 Å². The van der Waals surface area contributed by atoms with E-state index < -0.39 is 11.7 Å². The molecule has 9 heteroatoms. The molecule has 0 radical (unpaired) electrons. The normalized spacial score (nSPS) is 11.7. The molecule has 0 unspecified atom stereocenters. The topological polar surface area (TPSA) is 85.2 Å². The fourth-order valence-corrected chi connectivity index (χ4v) is 3.40.